The van der Waals surface area contributed by atoms with Crippen LogP contribution in [0, 0.1) is 6.92 Å². The van der Waals surface area contributed by atoms with Crippen molar-refractivity contribution >= 4 is 35.0 Å². The smallest absolute Gasteiger partial charge is 0.234 e. The molecule has 0 bridgehead atoms. The minimum absolute atomic E-state index is 0.152. The summed E-state index contributed by atoms with van der Waals surface area (Å²) >= 11 is 7.17. The molecule has 0 aliphatic heterocycles. The fourth-order valence-corrected chi connectivity index (χ4v) is 2.89. The first-order valence-electron chi connectivity index (χ1n) is 7.15. The fourth-order valence-electron chi connectivity index (χ4n) is 2.01. The normalized spacial score (nSPS) is 10.6. The zero-order chi connectivity index (χ0) is 16.9. The summed E-state index contributed by atoms with van der Waals surface area (Å²) in [6.07, 6.45) is 0. The second-order valence-corrected chi connectivity index (χ2v) is 6.43. The number of nitrogens with zero attached hydrogens (tertiary/aromatic N) is 4. The van der Waals surface area contributed by atoms with Crippen LogP contribution in [0.1, 0.15) is 5.56 Å². The molecule has 3 rings (SSSR count). The Morgan fingerprint density at radius 2 is 2.04 bits per heavy atom. The van der Waals surface area contributed by atoms with Crippen molar-refractivity contribution in [3.05, 3.63) is 59.1 Å². The second-order valence-electron chi connectivity index (χ2n) is 5.06. The molecule has 6 nitrogen and oxygen atoms in total. The molecule has 0 aliphatic carbocycles. The highest BCUT2D eigenvalue weighted by Crippen LogP contribution is 2.19. The first-order chi connectivity index (χ1) is 11.6. The maximum Gasteiger partial charge on any atom is 0.234 e. The van der Waals surface area contributed by atoms with E-state index in [9.17, 15) is 4.79 Å². The third-order valence-corrected chi connectivity index (χ3v) is 4.31. The van der Waals surface area contributed by atoms with E-state index in [2.05, 4.69) is 20.8 Å². The number of carbonyl (C=O) groups excluding carboxylic acids is 1. The van der Waals surface area contributed by atoms with Gasteiger partial charge in [-0.1, -0.05) is 47.1 Å². The van der Waals surface area contributed by atoms with Crippen molar-refractivity contribution < 1.29 is 4.79 Å². The van der Waals surface area contributed by atoms with Crippen LogP contribution in [0.4, 0.5) is 5.69 Å². The minimum Gasteiger partial charge on any atom is -0.325 e. The van der Waals surface area contributed by atoms with Crippen molar-refractivity contribution in [2.75, 3.05) is 11.1 Å². The molecule has 1 N–H and O–H groups in total. The van der Waals surface area contributed by atoms with E-state index in [1.165, 1.54) is 11.8 Å². The van der Waals surface area contributed by atoms with Crippen molar-refractivity contribution in [3.8, 4) is 5.69 Å². The van der Waals surface area contributed by atoms with Crippen molar-refractivity contribution in [2.45, 2.75) is 12.1 Å². The zero-order valence-electron chi connectivity index (χ0n) is 12.8. The van der Waals surface area contributed by atoms with Gasteiger partial charge in [-0.3, -0.25) is 4.79 Å². The summed E-state index contributed by atoms with van der Waals surface area (Å²) in [5.74, 6) is 0.0411. The van der Waals surface area contributed by atoms with E-state index in [0.717, 1.165) is 11.3 Å². The Balaban J connectivity index is 1.64. The average molecular weight is 360 g/mol. The van der Waals surface area contributed by atoms with Gasteiger partial charge in [-0.05, 0) is 47.7 Å². The number of amides is 1. The van der Waals surface area contributed by atoms with Crippen LogP contribution in [-0.2, 0) is 4.79 Å². The number of aromatic nitrogens is 4. The first-order valence-corrected chi connectivity index (χ1v) is 8.52. The van der Waals surface area contributed by atoms with E-state index in [-0.39, 0.29) is 11.7 Å². The van der Waals surface area contributed by atoms with Crippen molar-refractivity contribution in [1.29, 1.82) is 0 Å². The van der Waals surface area contributed by atoms with E-state index in [1.807, 2.05) is 31.2 Å². The Bertz CT molecular complexity index is 850. The van der Waals surface area contributed by atoms with Crippen LogP contribution in [0.25, 0.3) is 5.69 Å². The number of hydrogen-bond donors (Lipinski definition) is 1. The molecule has 2 aromatic carbocycles. The maximum atomic E-state index is 12.1. The lowest BCUT2D eigenvalue weighted by molar-refractivity contribution is -0.113. The summed E-state index contributed by atoms with van der Waals surface area (Å²) in [4.78, 5) is 12.1. The molecule has 122 valence electrons. The van der Waals surface area contributed by atoms with Gasteiger partial charge < -0.3 is 5.32 Å². The van der Waals surface area contributed by atoms with Crippen molar-refractivity contribution in [1.82, 2.24) is 20.2 Å². The molecule has 1 heterocycles. The predicted molar refractivity (Wildman–Crippen MR) is 94.7 cm³/mol. The van der Waals surface area contributed by atoms with Crippen LogP contribution in [0.2, 0.25) is 5.02 Å². The van der Waals surface area contributed by atoms with Gasteiger partial charge in [0, 0.05) is 10.7 Å². The van der Waals surface area contributed by atoms with Crippen molar-refractivity contribution in [2.24, 2.45) is 0 Å². The van der Waals surface area contributed by atoms with Gasteiger partial charge in [0.1, 0.15) is 0 Å². The number of benzene rings is 2. The highest BCUT2D eigenvalue weighted by atomic mass is 35.5. The average Bonchev–Trinajstić information content (AvgIpc) is 3.02. The number of carbonyl (C=O) groups is 1. The topological polar surface area (TPSA) is 72.7 Å². The van der Waals surface area contributed by atoms with Gasteiger partial charge in [0.25, 0.3) is 0 Å². The number of aryl methyl sites for hydroxylation is 1. The number of tetrazole rings is 1. The molecule has 0 spiro atoms. The molecule has 0 saturated heterocycles. The molecule has 0 unspecified atom stereocenters. The largest absolute Gasteiger partial charge is 0.325 e. The van der Waals surface area contributed by atoms with Gasteiger partial charge >= 0.3 is 0 Å². The van der Waals surface area contributed by atoms with E-state index in [4.69, 9.17) is 11.6 Å². The van der Waals surface area contributed by atoms with Gasteiger partial charge in [0.05, 0.1) is 11.4 Å². The molecular formula is C16H14ClN5OS. The summed E-state index contributed by atoms with van der Waals surface area (Å²) < 4.78 is 1.61. The molecule has 24 heavy (non-hydrogen) atoms. The zero-order valence-corrected chi connectivity index (χ0v) is 14.4. The summed E-state index contributed by atoms with van der Waals surface area (Å²) in [6, 6.07) is 14.8. The van der Waals surface area contributed by atoms with Crippen LogP contribution in [0.5, 0.6) is 0 Å². The quantitative estimate of drug-likeness (QED) is 0.707. The summed E-state index contributed by atoms with van der Waals surface area (Å²) in [6.45, 7) is 2.01. The Morgan fingerprint density at radius 3 is 2.79 bits per heavy atom. The van der Waals surface area contributed by atoms with E-state index < -0.39 is 0 Å². The molecule has 0 atom stereocenters. The third kappa shape index (κ3) is 4.12. The minimum atomic E-state index is -0.152. The number of nitrogens with one attached hydrogen (secondary N) is 1. The monoisotopic (exact) mass is 359 g/mol. The summed E-state index contributed by atoms with van der Waals surface area (Å²) in [5, 5.41) is 15.6. The van der Waals surface area contributed by atoms with Gasteiger partial charge in [0.2, 0.25) is 11.1 Å². The van der Waals surface area contributed by atoms with Gasteiger partial charge in [-0.15, -0.1) is 5.10 Å². The number of halogens is 1. The molecule has 0 aliphatic rings. The Morgan fingerprint density at radius 1 is 1.25 bits per heavy atom. The standard InChI is InChI=1S/C16H14ClN5OS/c1-11-5-7-14(8-6-11)22-16(19-20-21-22)24-10-15(23)18-13-4-2-3-12(17)9-13/h2-9H,10H2,1H3,(H,18,23). The highest BCUT2D eigenvalue weighted by molar-refractivity contribution is 7.99. The van der Waals surface area contributed by atoms with Gasteiger partial charge in [-0.25, -0.2) is 0 Å². The predicted octanol–water partition coefficient (Wildman–Crippen LogP) is 3.35. The number of hydrogen-bond acceptors (Lipinski definition) is 5. The third-order valence-electron chi connectivity index (χ3n) is 3.16. The molecule has 1 amide bonds. The number of thioether (sulfide) groups is 1. The van der Waals surface area contributed by atoms with Gasteiger partial charge in [0.15, 0.2) is 0 Å². The molecule has 8 heteroatoms. The van der Waals surface area contributed by atoms with Gasteiger partial charge in [-0.2, -0.15) is 4.68 Å². The van der Waals surface area contributed by atoms with Crippen LogP contribution >= 0.6 is 23.4 Å². The fraction of sp³-hybridized carbons (Fsp3) is 0.125. The van der Waals surface area contributed by atoms with Crippen LogP contribution < -0.4 is 5.32 Å². The molecule has 3 aromatic rings. The number of anilines is 1. The summed E-state index contributed by atoms with van der Waals surface area (Å²) in [5.41, 5.74) is 2.66. The second kappa shape index (κ2) is 7.46. The highest BCUT2D eigenvalue weighted by Gasteiger charge is 2.11. The van der Waals surface area contributed by atoms with Crippen LogP contribution in [0.3, 0.4) is 0 Å². The molecule has 1 aromatic heterocycles. The Hall–Kier alpha value is -2.38. The maximum absolute atomic E-state index is 12.1. The molecular weight excluding hydrogens is 346 g/mol. The molecule has 0 fully saturated rings. The van der Waals surface area contributed by atoms with E-state index in [1.54, 1.807) is 28.9 Å². The van der Waals surface area contributed by atoms with Crippen LogP contribution in [0.15, 0.2) is 53.7 Å². The van der Waals surface area contributed by atoms with E-state index in [0.29, 0.717) is 15.9 Å². The first kappa shape index (κ1) is 16.5. The lowest BCUT2D eigenvalue weighted by Gasteiger charge is -2.06. The molecule has 0 saturated carbocycles. The van der Waals surface area contributed by atoms with Crippen LogP contribution in [-0.4, -0.2) is 31.9 Å². The molecule has 0 radical (unpaired) electrons. The Labute approximate surface area is 148 Å². The Kier molecular flexibility index (Phi) is 5.12. The lowest BCUT2D eigenvalue weighted by Crippen LogP contribution is -2.14. The van der Waals surface area contributed by atoms with Crippen molar-refractivity contribution in [3.63, 3.8) is 0 Å². The summed E-state index contributed by atoms with van der Waals surface area (Å²) in [7, 11) is 0. The lowest BCUT2D eigenvalue weighted by atomic mass is 10.2. The number of rotatable bonds is 5. The van der Waals surface area contributed by atoms with E-state index >= 15 is 0 Å². The SMILES string of the molecule is Cc1ccc(-n2nnnc2SCC(=O)Nc2cccc(Cl)c2)cc1.